The summed E-state index contributed by atoms with van der Waals surface area (Å²) in [6.45, 7) is 3.76. The molecule has 0 heterocycles. The van der Waals surface area contributed by atoms with Crippen LogP contribution in [0, 0.1) is 11.3 Å². The molecule has 0 bridgehead atoms. The number of nitriles is 1. The average molecular weight is 169 g/mol. The van der Waals surface area contributed by atoms with E-state index in [1.165, 1.54) is 0 Å². The highest BCUT2D eigenvalue weighted by Gasteiger charge is 2.08. The third-order valence-corrected chi connectivity index (χ3v) is 1.13. The Morgan fingerprint density at radius 2 is 2.25 bits per heavy atom. The van der Waals surface area contributed by atoms with Gasteiger partial charge in [-0.05, 0) is 13.3 Å². The molecule has 0 aromatic heterocycles. The maximum atomic E-state index is 11.0. The molecule has 12 heavy (non-hydrogen) atoms. The molecule has 66 valence electrons. The average Bonchev–Trinajstić information content (AvgIpc) is 2.10. The second-order valence-corrected chi connectivity index (χ2v) is 1.93. The lowest BCUT2D eigenvalue weighted by Gasteiger charge is -2.01. The van der Waals surface area contributed by atoms with Crippen LogP contribution in [0.1, 0.15) is 20.3 Å². The van der Waals surface area contributed by atoms with Gasteiger partial charge in [0.25, 0.3) is 0 Å². The van der Waals surface area contributed by atoms with Crippen LogP contribution in [0.2, 0.25) is 0 Å². The molecule has 0 aliphatic heterocycles. The highest BCUT2D eigenvalue weighted by molar-refractivity contribution is 5.88. The van der Waals surface area contributed by atoms with Crippen LogP contribution < -0.4 is 0 Å². The summed E-state index contributed by atoms with van der Waals surface area (Å²) in [5.41, 5.74) is 0.311. The fraction of sp³-hybridized carbons (Fsp3) is 0.500. The molecule has 0 amide bonds. The molecular weight excluding hydrogens is 158 g/mol. The minimum Gasteiger partial charge on any atom is -0.293 e. The first-order valence-electron chi connectivity index (χ1n) is 3.68. The predicted octanol–water partition coefficient (Wildman–Crippen LogP) is 1.34. The molecule has 0 unspecified atom stereocenters. The topological polar surface area (TPSA) is 59.3 Å². The Morgan fingerprint density at radius 3 is 2.67 bits per heavy atom. The fourth-order valence-corrected chi connectivity index (χ4v) is 0.549. The minimum absolute atomic E-state index is 0.301. The molecule has 0 aromatic carbocycles. The maximum Gasteiger partial charge on any atom is 0.369 e. The van der Waals surface area contributed by atoms with Crippen LogP contribution in [0.25, 0.3) is 0 Å². The molecule has 0 saturated carbocycles. The van der Waals surface area contributed by atoms with Gasteiger partial charge in [0.2, 0.25) is 0 Å². The van der Waals surface area contributed by atoms with Crippen molar-refractivity contribution in [1.29, 1.82) is 5.26 Å². The van der Waals surface area contributed by atoms with Crippen LogP contribution in [0.3, 0.4) is 0 Å². The normalized spacial score (nSPS) is 10.6. The molecule has 0 saturated heterocycles. The van der Waals surface area contributed by atoms with Crippen LogP contribution in [0.15, 0.2) is 11.6 Å². The van der Waals surface area contributed by atoms with Crippen LogP contribution in [0.5, 0.6) is 0 Å². The van der Waals surface area contributed by atoms with E-state index in [4.69, 9.17) is 5.26 Å². The highest BCUT2D eigenvalue weighted by atomic mass is 17.2. The molecular formula is C8H11NO3. The number of carbonyl (C=O) groups excluding carboxylic acids is 1. The van der Waals surface area contributed by atoms with E-state index in [1.54, 1.807) is 19.9 Å². The van der Waals surface area contributed by atoms with E-state index in [-0.39, 0.29) is 0 Å². The van der Waals surface area contributed by atoms with E-state index in [0.717, 1.165) is 6.08 Å². The van der Waals surface area contributed by atoms with Gasteiger partial charge in [0.05, 0.1) is 18.2 Å². The van der Waals surface area contributed by atoms with Crippen LogP contribution in [0.4, 0.5) is 0 Å². The van der Waals surface area contributed by atoms with Crippen molar-refractivity contribution in [3.8, 4) is 6.07 Å². The monoisotopic (exact) mass is 169 g/mol. The number of hydrogen-bond acceptors (Lipinski definition) is 4. The van der Waals surface area contributed by atoms with Gasteiger partial charge in [-0.15, -0.1) is 0 Å². The SMILES string of the molecule is CCOOC(=O)C(=CC#N)CC. The van der Waals surface area contributed by atoms with Crippen molar-refractivity contribution in [3.05, 3.63) is 11.6 Å². The third kappa shape index (κ3) is 3.74. The lowest BCUT2D eigenvalue weighted by Crippen LogP contribution is -2.07. The standard InChI is InChI=1S/C8H11NO3/c1-3-7(5-6-9)8(10)12-11-4-2/h5H,3-4H2,1-2H3. The van der Waals surface area contributed by atoms with Gasteiger partial charge in [0.1, 0.15) is 0 Å². The Labute approximate surface area is 71.3 Å². The number of hydrogen-bond donors (Lipinski definition) is 0. The number of rotatable bonds is 4. The lowest BCUT2D eigenvalue weighted by molar-refractivity contribution is -0.265. The molecule has 0 radical (unpaired) electrons. The number of carbonyl (C=O) groups is 1. The summed E-state index contributed by atoms with van der Waals surface area (Å²) in [6, 6.07) is 1.76. The van der Waals surface area contributed by atoms with Crippen molar-refractivity contribution >= 4 is 5.97 Å². The number of allylic oxidation sites excluding steroid dienone is 1. The molecule has 0 N–H and O–H groups in total. The molecule has 0 aliphatic rings. The summed E-state index contributed by atoms with van der Waals surface area (Å²) in [7, 11) is 0. The number of nitrogens with zero attached hydrogens (tertiary/aromatic N) is 1. The molecule has 4 nitrogen and oxygen atoms in total. The Morgan fingerprint density at radius 1 is 1.58 bits per heavy atom. The van der Waals surface area contributed by atoms with Gasteiger partial charge in [0.15, 0.2) is 0 Å². The molecule has 0 aliphatic carbocycles. The third-order valence-electron chi connectivity index (χ3n) is 1.13. The van der Waals surface area contributed by atoms with E-state index < -0.39 is 5.97 Å². The van der Waals surface area contributed by atoms with Gasteiger partial charge in [0, 0.05) is 6.08 Å². The second-order valence-electron chi connectivity index (χ2n) is 1.93. The summed E-state index contributed by atoms with van der Waals surface area (Å²) in [4.78, 5) is 19.7. The molecule has 0 atom stereocenters. The largest absolute Gasteiger partial charge is 0.369 e. The van der Waals surface area contributed by atoms with E-state index in [0.29, 0.717) is 18.6 Å². The van der Waals surface area contributed by atoms with Gasteiger partial charge in [-0.25, -0.2) is 4.79 Å². The molecule has 0 spiro atoms. The summed E-state index contributed by atoms with van der Waals surface area (Å²) >= 11 is 0. The van der Waals surface area contributed by atoms with Crippen molar-refractivity contribution in [3.63, 3.8) is 0 Å². The molecule has 4 heteroatoms. The zero-order valence-electron chi connectivity index (χ0n) is 7.16. The summed E-state index contributed by atoms with van der Waals surface area (Å²) in [6.07, 6.45) is 1.61. The fourth-order valence-electron chi connectivity index (χ4n) is 0.549. The van der Waals surface area contributed by atoms with Crippen molar-refractivity contribution in [2.45, 2.75) is 20.3 Å². The van der Waals surface area contributed by atoms with Crippen LogP contribution in [-0.4, -0.2) is 12.6 Å². The first kappa shape index (κ1) is 10.7. The Kier molecular flexibility index (Phi) is 5.66. The lowest BCUT2D eigenvalue weighted by atomic mass is 10.2. The first-order chi connectivity index (χ1) is 5.76. The van der Waals surface area contributed by atoms with Gasteiger partial charge in [-0.1, -0.05) is 6.92 Å². The van der Waals surface area contributed by atoms with Crippen LogP contribution >= 0.6 is 0 Å². The Balaban J connectivity index is 4.06. The van der Waals surface area contributed by atoms with Crippen molar-refractivity contribution in [2.24, 2.45) is 0 Å². The second kappa shape index (κ2) is 6.38. The van der Waals surface area contributed by atoms with Crippen molar-refractivity contribution in [1.82, 2.24) is 0 Å². The zero-order chi connectivity index (χ0) is 9.40. The first-order valence-corrected chi connectivity index (χ1v) is 3.68. The summed E-state index contributed by atoms with van der Waals surface area (Å²) in [5.74, 6) is -0.596. The highest BCUT2D eigenvalue weighted by Crippen LogP contribution is 2.02. The smallest absolute Gasteiger partial charge is 0.293 e. The van der Waals surface area contributed by atoms with Gasteiger partial charge >= 0.3 is 5.97 Å². The molecule has 0 aromatic rings. The minimum atomic E-state index is -0.596. The van der Waals surface area contributed by atoms with Crippen LogP contribution in [-0.2, 0) is 14.6 Å². The van der Waals surface area contributed by atoms with E-state index in [9.17, 15) is 4.79 Å². The summed E-state index contributed by atoms with van der Waals surface area (Å²) < 4.78 is 0. The van der Waals surface area contributed by atoms with Crippen molar-refractivity contribution < 1.29 is 14.6 Å². The molecule has 0 rings (SSSR count). The predicted molar refractivity (Wildman–Crippen MR) is 41.7 cm³/mol. The van der Waals surface area contributed by atoms with E-state index >= 15 is 0 Å². The van der Waals surface area contributed by atoms with E-state index in [2.05, 4.69) is 9.78 Å². The van der Waals surface area contributed by atoms with Gasteiger partial charge < -0.3 is 0 Å². The van der Waals surface area contributed by atoms with Gasteiger partial charge in [-0.2, -0.15) is 10.1 Å². The maximum absolute atomic E-state index is 11.0. The van der Waals surface area contributed by atoms with Crippen molar-refractivity contribution in [2.75, 3.05) is 6.61 Å². The summed E-state index contributed by atoms with van der Waals surface area (Å²) in [5, 5.41) is 8.27. The Hall–Kier alpha value is -1.34. The molecule has 0 fully saturated rings. The zero-order valence-corrected chi connectivity index (χ0v) is 7.16. The van der Waals surface area contributed by atoms with Gasteiger partial charge in [-0.3, -0.25) is 4.89 Å². The van der Waals surface area contributed by atoms with E-state index in [1.807, 2.05) is 0 Å². The quantitative estimate of drug-likeness (QED) is 0.276. The Bertz CT molecular complexity index is 215.